The molecule has 0 aliphatic carbocycles. The maximum absolute atomic E-state index is 13.0. The molecule has 0 spiro atoms. The van der Waals surface area contributed by atoms with E-state index in [-0.39, 0.29) is 18.4 Å². The van der Waals surface area contributed by atoms with E-state index in [1.807, 2.05) is 0 Å². The Morgan fingerprint density at radius 2 is 1.69 bits per heavy atom. The van der Waals surface area contributed by atoms with Crippen molar-refractivity contribution in [2.45, 2.75) is 52.1 Å². The Labute approximate surface area is 183 Å². The van der Waals surface area contributed by atoms with Crippen molar-refractivity contribution < 1.29 is 9.59 Å². The van der Waals surface area contributed by atoms with Gasteiger partial charge in [0.25, 0.3) is 0 Å². The van der Waals surface area contributed by atoms with Gasteiger partial charge in [0.05, 0.1) is 0 Å². The third-order valence-electron chi connectivity index (χ3n) is 5.04. The van der Waals surface area contributed by atoms with E-state index in [9.17, 15) is 9.59 Å². The Balaban J connectivity index is 2.14. The molecule has 0 saturated heterocycles. The lowest BCUT2D eigenvalue weighted by molar-refractivity contribution is -0.140. The second-order valence-corrected chi connectivity index (χ2v) is 8.29. The predicted molar refractivity (Wildman–Crippen MR) is 119 cm³/mol. The monoisotopic (exact) mass is 434 g/mol. The molecule has 4 nitrogen and oxygen atoms in total. The number of halogens is 2. The first-order valence-corrected chi connectivity index (χ1v) is 10.5. The van der Waals surface area contributed by atoms with Gasteiger partial charge in [-0.25, -0.2) is 0 Å². The number of likely N-dealkylation sites (N-methyl/N-ethyl adjacent to an activating group) is 1. The molecule has 0 heterocycles. The summed E-state index contributed by atoms with van der Waals surface area (Å²) in [6.07, 6.45) is 0.927. The van der Waals surface area contributed by atoms with Crippen LogP contribution in [0.1, 0.15) is 49.8 Å². The number of hydrogen-bond donors (Lipinski definition) is 1. The Hall–Kier alpha value is -2.04. The number of aryl methyl sites for hydroxylation is 1. The molecule has 0 aliphatic heterocycles. The first-order chi connectivity index (χ1) is 13.7. The average molecular weight is 435 g/mol. The van der Waals surface area contributed by atoms with Crippen LogP contribution >= 0.6 is 23.2 Å². The van der Waals surface area contributed by atoms with Crippen LogP contribution in [0.5, 0.6) is 0 Å². The first-order valence-electron chi connectivity index (χ1n) is 9.76. The van der Waals surface area contributed by atoms with Gasteiger partial charge in [0.15, 0.2) is 0 Å². The highest BCUT2D eigenvalue weighted by atomic mass is 35.5. The molecule has 156 valence electrons. The average Bonchev–Trinajstić information content (AvgIpc) is 2.70. The SMILES string of the molecule is CNC(=O)C(C)N(Cc1ccc(Cl)cc1Cl)C(=O)CCc1ccc(C(C)C)cc1. The molecule has 29 heavy (non-hydrogen) atoms. The van der Waals surface area contributed by atoms with Crippen LogP contribution in [0.25, 0.3) is 0 Å². The second kappa shape index (κ2) is 10.7. The molecule has 0 saturated carbocycles. The molecule has 2 aromatic rings. The van der Waals surface area contributed by atoms with Crippen molar-refractivity contribution in [3.63, 3.8) is 0 Å². The first kappa shape index (κ1) is 23.2. The summed E-state index contributed by atoms with van der Waals surface area (Å²) in [6.45, 7) is 6.27. The molecule has 2 amide bonds. The van der Waals surface area contributed by atoms with Gasteiger partial charge in [-0.15, -0.1) is 0 Å². The summed E-state index contributed by atoms with van der Waals surface area (Å²) in [7, 11) is 1.56. The number of amides is 2. The Morgan fingerprint density at radius 1 is 1.03 bits per heavy atom. The summed E-state index contributed by atoms with van der Waals surface area (Å²) in [5, 5.41) is 3.62. The fourth-order valence-corrected chi connectivity index (χ4v) is 3.56. The number of carbonyl (C=O) groups is 2. The number of nitrogens with zero attached hydrogens (tertiary/aromatic N) is 1. The highest BCUT2D eigenvalue weighted by Gasteiger charge is 2.25. The largest absolute Gasteiger partial charge is 0.357 e. The summed E-state index contributed by atoms with van der Waals surface area (Å²) in [4.78, 5) is 26.8. The molecule has 1 unspecified atom stereocenters. The third kappa shape index (κ3) is 6.48. The Morgan fingerprint density at radius 3 is 2.24 bits per heavy atom. The van der Waals surface area contributed by atoms with Crippen LogP contribution in [0.2, 0.25) is 10.0 Å². The van der Waals surface area contributed by atoms with Crippen LogP contribution in [-0.4, -0.2) is 29.8 Å². The molecule has 2 aromatic carbocycles. The van der Waals surface area contributed by atoms with Gasteiger partial charge in [-0.05, 0) is 48.1 Å². The fourth-order valence-electron chi connectivity index (χ4n) is 3.09. The smallest absolute Gasteiger partial charge is 0.242 e. The molecule has 2 rings (SSSR count). The van der Waals surface area contributed by atoms with Gasteiger partial charge >= 0.3 is 0 Å². The molecule has 0 radical (unpaired) electrons. The van der Waals surface area contributed by atoms with E-state index in [0.29, 0.717) is 28.8 Å². The van der Waals surface area contributed by atoms with Gasteiger partial charge < -0.3 is 10.2 Å². The van der Waals surface area contributed by atoms with E-state index >= 15 is 0 Å². The van der Waals surface area contributed by atoms with Crippen molar-refractivity contribution in [1.29, 1.82) is 0 Å². The van der Waals surface area contributed by atoms with Crippen LogP contribution < -0.4 is 5.32 Å². The van der Waals surface area contributed by atoms with Gasteiger partial charge in [-0.1, -0.05) is 67.4 Å². The summed E-state index contributed by atoms with van der Waals surface area (Å²) >= 11 is 12.3. The van der Waals surface area contributed by atoms with Crippen LogP contribution in [0.4, 0.5) is 0 Å². The number of nitrogens with one attached hydrogen (secondary N) is 1. The highest BCUT2D eigenvalue weighted by Crippen LogP contribution is 2.24. The Bertz CT molecular complexity index is 850. The summed E-state index contributed by atoms with van der Waals surface area (Å²) in [5.74, 6) is 0.156. The summed E-state index contributed by atoms with van der Waals surface area (Å²) < 4.78 is 0. The summed E-state index contributed by atoms with van der Waals surface area (Å²) in [6, 6.07) is 12.9. The maximum atomic E-state index is 13.0. The predicted octanol–water partition coefficient (Wildman–Crippen LogP) is 5.21. The second-order valence-electron chi connectivity index (χ2n) is 7.44. The quantitative estimate of drug-likeness (QED) is 0.619. The van der Waals surface area contributed by atoms with E-state index in [2.05, 4.69) is 43.4 Å². The molecule has 6 heteroatoms. The van der Waals surface area contributed by atoms with Gasteiger partial charge in [0.1, 0.15) is 6.04 Å². The van der Waals surface area contributed by atoms with Crippen LogP contribution in [0.15, 0.2) is 42.5 Å². The van der Waals surface area contributed by atoms with Crippen molar-refractivity contribution in [2.75, 3.05) is 7.05 Å². The van der Waals surface area contributed by atoms with Gasteiger partial charge in [-0.3, -0.25) is 9.59 Å². The Kier molecular flexibility index (Phi) is 8.54. The van der Waals surface area contributed by atoms with Crippen molar-refractivity contribution in [3.8, 4) is 0 Å². The van der Waals surface area contributed by atoms with Crippen molar-refractivity contribution in [1.82, 2.24) is 10.2 Å². The molecule has 0 aliphatic rings. The number of rotatable bonds is 8. The molecule has 1 N–H and O–H groups in total. The van der Waals surface area contributed by atoms with E-state index in [0.717, 1.165) is 11.1 Å². The minimum atomic E-state index is -0.609. The van der Waals surface area contributed by atoms with Crippen LogP contribution in [-0.2, 0) is 22.6 Å². The molecular weight excluding hydrogens is 407 g/mol. The lowest BCUT2D eigenvalue weighted by Gasteiger charge is -2.29. The molecule has 0 aromatic heterocycles. The van der Waals surface area contributed by atoms with Gasteiger partial charge in [-0.2, -0.15) is 0 Å². The normalized spacial score (nSPS) is 12.0. The molecular formula is C23H28Cl2N2O2. The van der Waals surface area contributed by atoms with E-state index < -0.39 is 6.04 Å². The lowest BCUT2D eigenvalue weighted by atomic mass is 10.00. The molecule has 1 atom stereocenters. The van der Waals surface area contributed by atoms with Crippen molar-refractivity contribution >= 4 is 35.0 Å². The number of carbonyl (C=O) groups excluding carboxylic acids is 2. The van der Waals surface area contributed by atoms with Crippen LogP contribution in [0.3, 0.4) is 0 Å². The zero-order valence-corrected chi connectivity index (χ0v) is 18.8. The number of hydrogen-bond acceptors (Lipinski definition) is 2. The van der Waals surface area contributed by atoms with Crippen molar-refractivity contribution in [2.24, 2.45) is 0 Å². The third-order valence-corrected chi connectivity index (χ3v) is 5.63. The van der Waals surface area contributed by atoms with E-state index in [1.54, 1.807) is 37.1 Å². The standard InChI is InChI=1S/C23H28Cl2N2O2/c1-15(2)18-8-5-17(6-9-18)7-12-22(28)27(16(3)23(29)26-4)14-19-10-11-20(24)13-21(19)25/h5-6,8-11,13,15-16H,7,12,14H2,1-4H3,(H,26,29). The molecule has 0 fully saturated rings. The van der Waals surface area contributed by atoms with Crippen molar-refractivity contribution in [3.05, 3.63) is 69.2 Å². The number of benzene rings is 2. The summed E-state index contributed by atoms with van der Waals surface area (Å²) in [5.41, 5.74) is 3.12. The topological polar surface area (TPSA) is 49.4 Å². The minimum Gasteiger partial charge on any atom is -0.357 e. The lowest BCUT2D eigenvalue weighted by Crippen LogP contribution is -2.46. The van der Waals surface area contributed by atoms with Gasteiger partial charge in [0, 0.05) is 30.1 Å². The van der Waals surface area contributed by atoms with Crippen LogP contribution in [0, 0.1) is 0 Å². The van der Waals surface area contributed by atoms with E-state index in [1.165, 1.54) is 5.56 Å². The highest BCUT2D eigenvalue weighted by molar-refractivity contribution is 6.35. The maximum Gasteiger partial charge on any atom is 0.242 e. The zero-order valence-electron chi connectivity index (χ0n) is 17.3. The zero-order chi connectivity index (χ0) is 21.6. The van der Waals surface area contributed by atoms with Gasteiger partial charge in [0.2, 0.25) is 11.8 Å². The van der Waals surface area contributed by atoms with E-state index in [4.69, 9.17) is 23.2 Å². The minimum absolute atomic E-state index is 0.0972. The molecule has 0 bridgehead atoms. The fraction of sp³-hybridized carbons (Fsp3) is 0.391.